The summed E-state index contributed by atoms with van der Waals surface area (Å²) in [4.78, 5) is 15.8. The molecule has 19 heavy (non-hydrogen) atoms. The first-order chi connectivity index (χ1) is 9.02. The molecule has 0 atom stereocenters. The summed E-state index contributed by atoms with van der Waals surface area (Å²) in [6.45, 7) is 2.77. The first-order valence-electron chi connectivity index (χ1n) is 6.67. The van der Waals surface area contributed by atoms with E-state index in [1.54, 1.807) is 19.0 Å². The Hall–Kier alpha value is -1.39. The number of amides is 1. The molecule has 0 bridgehead atoms. The first-order valence-corrected chi connectivity index (χ1v) is 6.67. The molecule has 4 heteroatoms. The average Bonchev–Trinajstić information content (AvgIpc) is 2.37. The van der Waals surface area contributed by atoms with Crippen molar-refractivity contribution in [1.29, 1.82) is 0 Å². The van der Waals surface area contributed by atoms with Gasteiger partial charge >= 0.3 is 0 Å². The van der Waals surface area contributed by atoms with Gasteiger partial charge in [-0.2, -0.15) is 0 Å². The number of carbonyl (C=O) groups is 1. The van der Waals surface area contributed by atoms with Gasteiger partial charge < -0.3 is 15.1 Å². The Morgan fingerprint density at radius 2 is 1.84 bits per heavy atom. The highest BCUT2D eigenvalue weighted by molar-refractivity contribution is 5.95. The monoisotopic (exact) mass is 263 g/mol. The predicted octanol–water partition coefficient (Wildman–Crippen LogP) is 1.43. The van der Waals surface area contributed by atoms with Crippen LogP contribution in [-0.4, -0.2) is 57.0 Å². The molecule has 0 saturated heterocycles. The van der Waals surface area contributed by atoms with Crippen LogP contribution in [0.25, 0.3) is 0 Å². The Balaban J connectivity index is 2.52. The maximum absolute atomic E-state index is 12.0. The molecule has 1 N–H and O–H groups in total. The molecule has 1 aromatic rings. The van der Waals surface area contributed by atoms with E-state index in [9.17, 15) is 4.79 Å². The van der Waals surface area contributed by atoms with E-state index in [2.05, 4.69) is 24.3 Å². The molecule has 4 nitrogen and oxygen atoms in total. The fourth-order valence-corrected chi connectivity index (χ4v) is 1.87. The zero-order valence-electron chi connectivity index (χ0n) is 12.4. The van der Waals surface area contributed by atoms with E-state index in [0.29, 0.717) is 0 Å². The van der Waals surface area contributed by atoms with Gasteiger partial charge in [0.15, 0.2) is 0 Å². The lowest BCUT2D eigenvalue weighted by Crippen LogP contribution is -2.25. The summed E-state index contributed by atoms with van der Waals surface area (Å²) in [6.07, 6.45) is 1.11. The molecular formula is C15H25N3O. The van der Waals surface area contributed by atoms with Gasteiger partial charge in [-0.05, 0) is 45.2 Å². The fraction of sp³-hybridized carbons (Fsp3) is 0.533. The van der Waals surface area contributed by atoms with Crippen LogP contribution in [0.3, 0.4) is 0 Å². The number of benzene rings is 1. The molecule has 0 aromatic heterocycles. The SMILES string of the molecule is CN(C)CCCNCc1ccccc1C(=O)N(C)C. The normalized spacial score (nSPS) is 10.8. The standard InChI is InChI=1S/C15H25N3O/c1-17(2)11-7-10-16-12-13-8-5-6-9-14(13)15(19)18(3)4/h5-6,8-9,16H,7,10-12H2,1-4H3. The van der Waals surface area contributed by atoms with Crippen molar-refractivity contribution < 1.29 is 4.79 Å². The molecule has 0 aliphatic carbocycles. The minimum absolute atomic E-state index is 0.0608. The van der Waals surface area contributed by atoms with Crippen molar-refractivity contribution in [3.8, 4) is 0 Å². The minimum atomic E-state index is 0.0608. The van der Waals surface area contributed by atoms with E-state index in [4.69, 9.17) is 0 Å². The Kier molecular flexibility index (Phi) is 6.53. The van der Waals surface area contributed by atoms with Crippen molar-refractivity contribution in [3.63, 3.8) is 0 Å². The van der Waals surface area contributed by atoms with Crippen molar-refractivity contribution >= 4 is 5.91 Å². The van der Waals surface area contributed by atoms with Crippen molar-refractivity contribution in [3.05, 3.63) is 35.4 Å². The van der Waals surface area contributed by atoms with Crippen molar-refractivity contribution in [2.45, 2.75) is 13.0 Å². The number of rotatable bonds is 7. The van der Waals surface area contributed by atoms with Gasteiger partial charge in [0.25, 0.3) is 5.91 Å². The molecule has 0 aliphatic rings. The largest absolute Gasteiger partial charge is 0.345 e. The minimum Gasteiger partial charge on any atom is -0.345 e. The number of hydrogen-bond acceptors (Lipinski definition) is 3. The van der Waals surface area contributed by atoms with Crippen LogP contribution in [0.15, 0.2) is 24.3 Å². The third kappa shape index (κ3) is 5.41. The summed E-state index contributed by atoms with van der Waals surface area (Å²) in [7, 11) is 7.71. The zero-order valence-corrected chi connectivity index (χ0v) is 12.4. The highest BCUT2D eigenvalue weighted by atomic mass is 16.2. The molecule has 0 heterocycles. The summed E-state index contributed by atoms with van der Waals surface area (Å²) in [5.41, 5.74) is 1.85. The second-order valence-electron chi connectivity index (χ2n) is 5.19. The topological polar surface area (TPSA) is 35.6 Å². The molecule has 0 radical (unpaired) electrons. The van der Waals surface area contributed by atoms with Crippen molar-refractivity contribution in [1.82, 2.24) is 15.1 Å². The Morgan fingerprint density at radius 3 is 2.47 bits per heavy atom. The van der Waals surface area contributed by atoms with Gasteiger partial charge in [-0.25, -0.2) is 0 Å². The molecule has 0 aliphatic heterocycles. The highest BCUT2D eigenvalue weighted by Crippen LogP contribution is 2.10. The maximum Gasteiger partial charge on any atom is 0.253 e. The number of carbonyl (C=O) groups excluding carboxylic acids is 1. The third-order valence-corrected chi connectivity index (χ3v) is 2.93. The Labute approximate surface area is 116 Å². The predicted molar refractivity (Wildman–Crippen MR) is 79.3 cm³/mol. The van der Waals surface area contributed by atoms with E-state index < -0.39 is 0 Å². The van der Waals surface area contributed by atoms with Gasteiger partial charge in [-0.1, -0.05) is 18.2 Å². The summed E-state index contributed by atoms with van der Waals surface area (Å²) in [5, 5.41) is 3.39. The molecule has 0 fully saturated rings. The number of nitrogens with one attached hydrogen (secondary N) is 1. The van der Waals surface area contributed by atoms with Gasteiger partial charge in [-0.3, -0.25) is 4.79 Å². The lowest BCUT2D eigenvalue weighted by Gasteiger charge is -2.15. The molecule has 106 valence electrons. The van der Waals surface area contributed by atoms with Crippen LogP contribution in [0, 0.1) is 0 Å². The lowest BCUT2D eigenvalue weighted by atomic mass is 10.1. The second kappa shape index (κ2) is 7.92. The molecule has 1 rings (SSSR count). The summed E-state index contributed by atoms with van der Waals surface area (Å²) < 4.78 is 0. The molecule has 1 aromatic carbocycles. The van der Waals surface area contributed by atoms with Crippen LogP contribution in [0.1, 0.15) is 22.3 Å². The first kappa shape index (κ1) is 15.7. The van der Waals surface area contributed by atoms with Crippen molar-refractivity contribution in [2.75, 3.05) is 41.3 Å². The fourth-order valence-electron chi connectivity index (χ4n) is 1.87. The summed E-state index contributed by atoms with van der Waals surface area (Å²) in [6, 6.07) is 7.78. The van der Waals surface area contributed by atoms with Gasteiger partial charge in [0.05, 0.1) is 0 Å². The molecule has 0 spiro atoms. The van der Waals surface area contributed by atoms with Crippen LogP contribution in [0.4, 0.5) is 0 Å². The Bertz CT molecular complexity index is 402. The van der Waals surface area contributed by atoms with Crippen LogP contribution < -0.4 is 5.32 Å². The lowest BCUT2D eigenvalue weighted by molar-refractivity contribution is 0.0826. The summed E-state index contributed by atoms with van der Waals surface area (Å²) in [5.74, 6) is 0.0608. The third-order valence-electron chi connectivity index (χ3n) is 2.93. The number of hydrogen-bond donors (Lipinski definition) is 1. The van der Waals surface area contributed by atoms with E-state index in [-0.39, 0.29) is 5.91 Å². The molecular weight excluding hydrogens is 238 g/mol. The average molecular weight is 263 g/mol. The van der Waals surface area contributed by atoms with Crippen molar-refractivity contribution in [2.24, 2.45) is 0 Å². The van der Waals surface area contributed by atoms with Crippen LogP contribution in [0.5, 0.6) is 0 Å². The Morgan fingerprint density at radius 1 is 1.16 bits per heavy atom. The van der Waals surface area contributed by atoms with E-state index in [1.807, 2.05) is 24.3 Å². The van der Waals surface area contributed by atoms with E-state index >= 15 is 0 Å². The number of nitrogens with zero attached hydrogens (tertiary/aromatic N) is 2. The van der Waals surface area contributed by atoms with Crippen LogP contribution in [-0.2, 0) is 6.54 Å². The zero-order chi connectivity index (χ0) is 14.3. The van der Waals surface area contributed by atoms with Crippen LogP contribution >= 0.6 is 0 Å². The van der Waals surface area contributed by atoms with Gasteiger partial charge in [0.1, 0.15) is 0 Å². The maximum atomic E-state index is 12.0. The van der Waals surface area contributed by atoms with Gasteiger partial charge in [-0.15, -0.1) is 0 Å². The molecule has 1 amide bonds. The van der Waals surface area contributed by atoms with E-state index in [1.165, 1.54) is 0 Å². The quantitative estimate of drug-likeness (QED) is 0.756. The van der Waals surface area contributed by atoms with E-state index in [0.717, 1.165) is 37.2 Å². The molecule has 0 unspecified atom stereocenters. The smallest absolute Gasteiger partial charge is 0.253 e. The second-order valence-corrected chi connectivity index (χ2v) is 5.19. The summed E-state index contributed by atoms with van der Waals surface area (Å²) >= 11 is 0. The molecule has 0 saturated carbocycles. The van der Waals surface area contributed by atoms with Crippen LogP contribution in [0.2, 0.25) is 0 Å². The van der Waals surface area contributed by atoms with Gasteiger partial charge in [0.2, 0.25) is 0 Å². The highest BCUT2D eigenvalue weighted by Gasteiger charge is 2.11. The van der Waals surface area contributed by atoms with Gasteiger partial charge in [0, 0.05) is 26.2 Å².